The van der Waals surface area contributed by atoms with E-state index in [0.717, 1.165) is 6.54 Å². The van der Waals surface area contributed by atoms with E-state index in [-0.39, 0.29) is 0 Å². The van der Waals surface area contributed by atoms with Crippen LogP contribution in [0.1, 0.15) is 33.6 Å². The monoisotopic (exact) mass is 179 g/mol. The van der Waals surface area contributed by atoms with Gasteiger partial charge >= 0.3 is 0 Å². The van der Waals surface area contributed by atoms with Gasteiger partial charge in [-0.2, -0.15) is 0 Å². The van der Waals surface area contributed by atoms with E-state index < -0.39 is 0 Å². The van der Waals surface area contributed by atoms with Gasteiger partial charge in [0.1, 0.15) is 0 Å². The first-order valence-electron chi connectivity index (χ1n) is 5.37. The summed E-state index contributed by atoms with van der Waals surface area (Å²) in [5.74, 6) is 0. The van der Waals surface area contributed by atoms with E-state index in [1.54, 1.807) is 0 Å². The number of hydrogen-bond donors (Lipinski definition) is 0. The third-order valence-corrected chi connectivity index (χ3v) is 2.65. The van der Waals surface area contributed by atoms with Gasteiger partial charge in [-0.15, -0.1) is 0 Å². The molecule has 1 aliphatic carbocycles. The molecular weight excluding hydrogens is 158 g/mol. The molecule has 0 N–H and O–H groups in total. The van der Waals surface area contributed by atoms with Crippen LogP contribution in [0.4, 0.5) is 0 Å². The maximum atomic E-state index is 2.54. The average molecular weight is 179 g/mol. The van der Waals surface area contributed by atoms with Crippen molar-refractivity contribution in [2.75, 3.05) is 13.1 Å². The molecule has 0 amide bonds. The Morgan fingerprint density at radius 1 is 1.46 bits per heavy atom. The number of likely N-dealkylation sites (N-methyl/N-ethyl adjacent to an activating group) is 1. The maximum absolute atomic E-state index is 2.54. The second kappa shape index (κ2) is 5.23. The molecule has 0 aliphatic heterocycles. The van der Waals surface area contributed by atoms with Gasteiger partial charge in [-0.3, -0.25) is 4.90 Å². The molecule has 0 spiro atoms. The highest BCUT2D eigenvalue weighted by Crippen LogP contribution is 2.15. The molecular formula is C12H21N. The Bertz CT molecular complexity index is 203. The van der Waals surface area contributed by atoms with Gasteiger partial charge in [0.25, 0.3) is 0 Å². The molecule has 74 valence electrons. The first-order chi connectivity index (χ1) is 6.27. The van der Waals surface area contributed by atoms with E-state index in [2.05, 4.69) is 43.9 Å². The largest absolute Gasteiger partial charge is 0.297 e. The van der Waals surface area contributed by atoms with Gasteiger partial charge in [0, 0.05) is 6.04 Å². The second-order valence-corrected chi connectivity index (χ2v) is 3.74. The van der Waals surface area contributed by atoms with E-state index >= 15 is 0 Å². The zero-order chi connectivity index (χ0) is 9.68. The van der Waals surface area contributed by atoms with Crippen LogP contribution >= 0.6 is 0 Å². The van der Waals surface area contributed by atoms with E-state index in [1.165, 1.54) is 25.0 Å². The molecule has 1 rings (SSSR count). The molecule has 0 radical (unpaired) electrons. The summed E-state index contributed by atoms with van der Waals surface area (Å²) in [5, 5.41) is 0. The molecule has 0 aromatic rings. The van der Waals surface area contributed by atoms with Crippen LogP contribution in [-0.4, -0.2) is 24.0 Å². The quantitative estimate of drug-likeness (QED) is 0.641. The van der Waals surface area contributed by atoms with Crippen molar-refractivity contribution >= 4 is 0 Å². The third-order valence-electron chi connectivity index (χ3n) is 2.65. The predicted octanol–water partition coefficient (Wildman–Crippen LogP) is 2.99. The zero-order valence-electron chi connectivity index (χ0n) is 9.09. The van der Waals surface area contributed by atoms with Gasteiger partial charge in [0.2, 0.25) is 0 Å². The molecule has 0 aromatic heterocycles. The number of allylic oxidation sites excluding steroid dienone is 2. The smallest absolute Gasteiger partial charge is 0.0315 e. The minimum Gasteiger partial charge on any atom is -0.297 e. The van der Waals surface area contributed by atoms with E-state index in [9.17, 15) is 0 Å². The van der Waals surface area contributed by atoms with Crippen molar-refractivity contribution in [3.63, 3.8) is 0 Å². The molecule has 1 atom stereocenters. The van der Waals surface area contributed by atoms with Crippen molar-refractivity contribution in [1.82, 2.24) is 4.90 Å². The fourth-order valence-corrected chi connectivity index (χ4v) is 1.83. The second-order valence-electron chi connectivity index (χ2n) is 3.74. The summed E-state index contributed by atoms with van der Waals surface area (Å²) in [6.45, 7) is 9.04. The lowest BCUT2D eigenvalue weighted by atomic mass is 10.0. The summed E-state index contributed by atoms with van der Waals surface area (Å²) in [7, 11) is 0. The van der Waals surface area contributed by atoms with Gasteiger partial charge in [0.15, 0.2) is 0 Å². The number of nitrogens with zero attached hydrogens (tertiary/aromatic N) is 1. The highest BCUT2D eigenvalue weighted by atomic mass is 15.1. The van der Waals surface area contributed by atoms with E-state index in [4.69, 9.17) is 0 Å². The van der Waals surface area contributed by atoms with Gasteiger partial charge in [-0.25, -0.2) is 0 Å². The summed E-state index contributed by atoms with van der Waals surface area (Å²) < 4.78 is 0. The zero-order valence-corrected chi connectivity index (χ0v) is 9.09. The van der Waals surface area contributed by atoms with Crippen molar-refractivity contribution in [2.45, 2.75) is 39.7 Å². The molecule has 0 aromatic carbocycles. The minimum absolute atomic E-state index is 0.647. The number of hydrogen-bond acceptors (Lipinski definition) is 1. The van der Waals surface area contributed by atoms with Crippen LogP contribution in [0.3, 0.4) is 0 Å². The van der Waals surface area contributed by atoms with E-state index in [1.807, 2.05) is 0 Å². The molecule has 0 saturated carbocycles. The summed E-state index contributed by atoms with van der Waals surface area (Å²) >= 11 is 0. The minimum atomic E-state index is 0.647. The van der Waals surface area contributed by atoms with Crippen LogP contribution in [0.2, 0.25) is 0 Å². The molecule has 1 unspecified atom stereocenters. The Morgan fingerprint density at radius 2 is 2.23 bits per heavy atom. The van der Waals surface area contributed by atoms with Gasteiger partial charge < -0.3 is 0 Å². The predicted molar refractivity (Wildman–Crippen MR) is 58.8 cm³/mol. The highest BCUT2D eigenvalue weighted by molar-refractivity contribution is 5.23. The van der Waals surface area contributed by atoms with Crippen LogP contribution < -0.4 is 0 Å². The van der Waals surface area contributed by atoms with Crippen molar-refractivity contribution in [2.24, 2.45) is 0 Å². The molecule has 13 heavy (non-hydrogen) atoms. The van der Waals surface area contributed by atoms with Crippen molar-refractivity contribution in [3.8, 4) is 0 Å². The lowest BCUT2D eigenvalue weighted by Gasteiger charge is -2.29. The van der Waals surface area contributed by atoms with Gasteiger partial charge in [-0.1, -0.05) is 37.6 Å². The molecule has 1 nitrogen and oxygen atoms in total. The molecule has 1 heteroatoms. The lowest BCUT2D eigenvalue weighted by molar-refractivity contribution is 0.241. The number of rotatable bonds is 4. The normalized spacial score (nSPS) is 22.2. The third kappa shape index (κ3) is 3.00. The molecule has 0 heterocycles. The first-order valence-corrected chi connectivity index (χ1v) is 5.37. The van der Waals surface area contributed by atoms with Crippen LogP contribution in [0.25, 0.3) is 0 Å². The van der Waals surface area contributed by atoms with Gasteiger partial charge in [0.05, 0.1) is 0 Å². The SMILES string of the molecule is CCCN(CC)C1C=CC(C)=CC1. The fourth-order valence-electron chi connectivity index (χ4n) is 1.83. The lowest BCUT2D eigenvalue weighted by Crippen LogP contribution is -2.34. The van der Waals surface area contributed by atoms with Crippen molar-refractivity contribution in [1.29, 1.82) is 0 Å². The molecule has 1 aliphatic rings. The van der Waals surface area contributed by atoms with E-state index in [0.29, 0.717) is 6.04 Å². The van der Waals surface area contributed by atoms with Crippen molar-refractivity contribution < 1.29 is 0 Å². The fraction of sp³-hybridized carbons (Fsp3) is 0.667. The van der Waals surface area contributed by atoms with Crippen LogP contribution in [0.15, 0.2) is 23.8 Å². The molecule has 0 fully saturated rings. The Labute approximate surface area is 82.1 Å². The molecule has 0 saturated heterocycles. The summed E-state index contributed by atoms with van der Waals surface area (Å²) in [6, 6.07) is 0.647. The highest BCUT2D eigenvalue weighted by Gasteiger charge is 2.13. The Balaban J connectivity index is 2.48. The topological polar surface area (TPSA) is 3.24 Å². The Hall–Kier alpha value is -0.560. The maximum Gasteiger partial charge on any atom is 0.0315 e. The van der Waals surface area contributed by atoms with Crippen molar-refractivity contribution in [3.05, 3.63) is 23.8 Å². The molecule has 0 bridgehead atoms. The Morgan fingerprint density at radius 3 is 2.69 bits per heavy atom. The standard InChI is InChI=1S/C12H21N/c1-4-10-13(5-2)12-8-6-11(3)7-9-12/h6-8,12H,4-5,9-10H2,1-3H3. The Kier molecular flexibility index (Phi) is 4.23. The first kappa shape index (κ1) is 10.5. The summed E-state index contributed by atoms with van der Waals surface area (Å²) in [6.07, 6.45) is 9.36. The van der Waals surface area contributed by atoms with Crippen LogP contribution in [0, 0.1) is 0 Å². The van der Waals surface area contributed by atoms with Crippen LogP contribution in [0.5, 0.6) is 0 Å². The summed E-state index contributed by atoms with van der Waals surface area (Å²) in [4.78, 5) is 2.54. The average Bonchev–Trinajstić information content (AvgIpc) is 2.16. The summed E-state index contributed by atoms with van der Waals surface area (Å²) in [5.41, 5.74) is 1.41. The van der Waals surface area contributed by atoms with Gasteiger partial charge in [-0.05, 0) is 32.9 Å². The van der Waals surface area contributed by atoms with Crippen LogP contribution in [-0.2, 0) is 0 Å².